The molecule has 0 bridgehead atoms. The molecule has 64 valence electrons. The number of carbonyl (C=O) groups is 1. The number of halogens is 1. The normalized spacial score (nSPS) is 15.0. The van der Waals surface area contributed by atoms with Crippen LogP contribution in [0.1, 0.15) is 15.2 Å². The Balaban J connectivity index is 2.31. The molecule has 1 fully saturated rings. The molecular weight excluding hydrogens is 238 g/mol. The second kappa shape index (κ2) is 2.85. The summed E-state index contributed by atoms with van der Waals surface area (Å²) < 4.78 is 0.955. The zero-order valence-electron chi connectivity index (χ0n) is 6.63. The van der Waals surface area contributed by atoms with E-state index in [1.165, 1.54) is 4.88 Å². The molecule has 0 unspecified atom stereocenters. The molecule has 2 nitrogen and oxygen atoms in total. The molecule has 0 spiro atoms. The van der Waals surface area contributed by atoms with E-state index in [0.717, 1.165) is 22.4 Å². The summed E-state index contributed by atoms with van der Waals surface area (Å²) in [7, 11) is 0. The van der Waals surface area contributed by atoms with Gasteiger partial charge in [0, 0.05) is 18.0 Å². The van der Waals surface area contributed by atoms with Crippen LogP contribution in [0, 0.1) is 6.92 Å². The van der Waals surface area contributed by atoms with Crippen molar-refractivity contribution in [3.63, 3.8) is 0 Å². The largest absolute Gasteiger partial charge is 0.335 e. The summed E-state index contributed by atoms with van der Waals surface area (Å²) in [6.45, 7) is 3.84. The summed E-state index contributed by atoms with van der Waals surface area (Å²) in [6.07, 6.45) is 0. The second-order valence-corrected chi connectivity index (χ2v) is 5.41. The molecule has 0 aliphatic carbocycles. The van der Waals surface area contributed by atoms with Gasteiger partial charge < -0.3 is 4.90 Å². The van der Waals surface area contributed by atoms with E-state index in [-0.39, 0.29) is 5.91 Å². The van der Waals surface area contributed by atoms with Crippen LogP contribution in [0.4, 0.5) is 0 Å². The summed E-state index contributed by atoms with van der Waals surface area (Å²) in [5.74, 6) is 0.159. The van der Waals surface area contributed by atoms with Crippen LogP contribution in [0.25, 0.3) is 0 Å². The highest BCUT2D eigenvalue weighted by Crippen LogP contribution is 2.29. The molecule has 1 aromatic heterocycles. The Bertz CT molecular complexity index is 330. The van der Waals surface area contributed by atoms with Crippen molar-refractivity contribution in [2.75, 3.05) is 13.1 Å². The minimum atomic E-state index is 0.159. The number of amides is 1. The highest BCUT2D eigenvalue weighted by molar-refractivity contribution is 9.11. The quantitative estimate of drug-likeness (QED) is 0.696. The van der Waals surface area contributed by atoms with Crippen LogP contribution in [-0.4, -0.2) is 23.9 Å². The molecule has 1 aliphatic heterocycles. The van der Waals surface area contributed by atoms with Gasteiger partial charge in [-0.05, 0) is 28.9 Å². The van der Waals surface area contributed by atoms with Crippen LogP contribution in [0.3, 0.4) is 0 Å². The lowest BCUT2D eigenvalue weighted by Crippen LogP contribution is -2.09. The molecule has 2 rings (SSSR count). The fraction of sp³-hybridized carbons (Fsp3) is 0.375. The fourth-order valence-electron chi connectivity index (χ4n) is 1.06. The maximum atomic E-state index is 11.5. The van der Waals surface area contributed by atoms with Crippen molar-refractivity contribution in [1.29, 1.82) is 0 Å². The van der Waals surface area contributed by atoms with Crippen LogP contribution < -0.4 is 0 Å². The zero-order chi connectivity index (χ0) is 8.72. The number of thiophene rings is 1. The highest BCUT2D eigenvalue weighted by atomic mass is 79.9. The van der Waals surface area contributed by atoms with Crippen LogP contribution in [0.15, 0.2) is 9.85 Å². The lowest BCUT2D eigenvalue weighted by Gasteiger charge is -1.97. The zero-order valence-corrected chi connectivity index (χ0v) is 9.04. The van der Waals surface area contributed by atoms with Crippen LogP contribution in [0.2, 0.25) is 0 Å². The van der Waals surface area contributed by atoms with Gasteiger partial charge in [0.2, 0.25) is 0 Å². The van der Waals surface area contributed by atoms with Crippen LogP contribution >= 0.6 is 27.3 Å². The maximum Gasteiger partial charge on any atom is 0.255 e. The predicted octanol–water partition coefficient (Wildman–Crippen LogP) is 2.27. The highest BCUT2D eigenvalue weighted by Gasteiger charge is 2.27. The predicted molar refractivity (Wildman–Crippen MR) is 52.7 cm³/mol. The SMILES string of the molecule is Cc1cc(C(=O)N2CC2)c(Br)s1. The van der Waals surface area contributed by atoms with Crippen molar-refractivity contribution < 1.29 is 4.79 Å². The van der Waals surface area contributed by atoms with Crippen molar-refractivity contribution in [1.82, 2.24) is 4.90 Å². The molecule has 2 heterocycles. The summed E-state index contributed by atoms with van der Waals surface area (Å²) in [5.41, 5.74) is 0.815. The van der Waals surface area contributed by atoms with Gasteiger partial charge in [0.05, 0.1) is 9.35 Å². The van der Waals surface area contributed by atoms with Crippen molar-refractivity contribution in [3.8, 4) is 0 Å². The first-order valence-electron chi connectivity index (χ1n) is 3.73. The Morgan fingerprint density at radius 2 is 2.33 bits per heavy atom. The van der Waals surface area contributed by atoms with Gasteiger partial charge in [0.25, 0.3) is 5.91 Å². The number of aryl methyl sites for hydroxylation is 1. The van der Waals surface area contributed by atoms with Gasteiger partial charge in [0.1, 0.15) is 0 Å². The number of hydrogen-bond donors (Lipinski definition) is 0. The molecule has 1 aliphatic rings. The minimum Gasteiger partial charge on any atom is -0.335 e. The standard InChI is InChI=1S/C8H8BrNOS/c1-5-4-6(7(9)12-5)8(11)10-2-3-10/h4H,2-3H2,1H3. The minimum absolute atomic E-state index is 0.159. The van der Waals surface area contributed by atoms with Gasteiger partial charge >= 0.3 is 0 Å². The number of nitrogens with zero attached hydrogens (tertiary/aromatic N) is 1. The lowest BCUT2D eigenvalue weighted by atomic mass is 10.3. The molecule has 0 N–H and O–H groups in total. The van der Waals surface area contributed by atoms with Gasteiger partial charge in [-0.3, -0.25) is 4.79 Å². The first-order valence-corrected chi connectivity index (χ1v) is 5.34. The lowest BCUT2D eigenvalue weighted by molar-refractivity contribution is 0.0885. The average molecular weight is 246 g/mol. The van der Waals surface area contributed by atoms with E-state index < -0.39 is 0 Å². The van der Waals surface area contributed by atoms with Crippen LogP contribution in [-0.2, 0) is 0 Å². The van der Waals surface area contributed by atoms with E-state index in [0.29, 0.717) is 0 Å². The third kappa shape index (κ3) is 1.41. The van der Waals surface area contributed by atoms with Gasteiger partial charge in [-0.15, -0.1) is 11.3 Å². The Hall–Kier alpha value is -0.350. The van der Waals surface area contributed by atoms with E-state index in [9.17, 15) is 4.79 Å². The van der Waals surface area contributed by atoms with Gasteiger partial charge in [-0.2, -0.15) is 0 Å². The van der Waals surface area contributed by atoms with Crippen molar-refractivity contribution in [3.05, 3.63) is 20.3 Å². The van der Waals surface area contributed by atoms with E-state index >= 15 is 0 Å². The van der Waals surface area contributed by atoms with Gasteiger partial charge in [0.15, 0.2) is 0 Å². The average Bonchev–Trinajstić information content (AvgIpc) is 2.77. The molecule has 0 aromatic carbocycles. The van der Waals surface area contributed by atoms with Crippen LogP contribution in [0.5, 0.6) is 0 Å². The Labute approximate surface area is 83.3 Å². The monoisotopic (exact) mass is 245 g/mol. The number of rotatable bonds is 1. The summed E-state index contributed by atoms with van der Waals surface area (Å²) >= 11 is 5.00. The third-order valence-corrected chi connectivity index (χ3v) is 3.53. The number of hydrogen-bond acceptors (Lipinski definition) is 2. The maximum absolute atomic E-state index is 11.5. The van der Waals surface area contributed by atoms with Crippen molar-refractivity contribution >= 4 is 33.2 Å². The summed E-state index contributed by atoms with van der Waals surface area (Å²) in [6, 6.07) is 1.94. The third-order valence-electron chi connectivity index (χ3n) is 1.77. The Morgan fingerprint density at radius 1 is 1.67 bits per heavy atom. The van der Waals surface area contributed by atoms with E-state index in [2.05, 4.69) is 15.9 Å². The smallest absolute Gasteiger partial charge is 0.255 e. The molecule has 0 saturated carbocycles. The first kappa shape index (κ1) is 8.26. The Morgan fingerprint density at radius 3 is 2.75 bits per heavy atom. The second-order valence-electron chi connectivity index (χ2n) is 2.84. The van der Waals surface area contributed by atoms with E-state index in [1.54, 1.807) is 11.3 Å². The van der Waals surface area contributed by atoms with Crippen molar-refractivity contribution in [2.24, 2.45) is 0 Å². The first-order chi connectivity index (χ1) is 5.68. The van der Waals surface area contributed by atoms with Gasteiger partial charge in [-0.1, -0.05) is 0 Å². The molecule has 1 amide bonds. The van der Waals surface area contributed by atoms with Gasteiger partial charge in [-0.25, -0.2) is 0 Å². The summed E-state index contributed by atoms with van der Waals surface area (Å²) in [5, 5.41) is 0. The molecule has 1 saturated heterocycles. The van der Waals surface area contributed by atoms with Crippen molar-refractivity contribution in [2.45, 2.75) is 6.92 Å². The van der Waals surface area contributed by atoms with E-state index in [1.807, 2.05) is 17.9 Å². The topological polar surface area (TPSA) is 20.1 Å². The molecule has 1 aromatic rings. The molecular formula is C8H8BrNOS. The van der Waals surface area contributed by atoms with E-state index in [4.69, 9.17) is 0 Å². The number of carbonyl (C=O) groups excluding carboxylic acids is 1. The molecule has 0 atom stereocenters. The Kier molecular flexibility index (Phi) is 1.96. The fourth-order valence-corrected chi connectivity index (χ4v) is 2.82. The molecule has 4 heteroatoms. The molecule has 0 radical (unpaired) electrons. The summed E-state index contributed by atoms with van der Waals surface area (Å²) in [4.78, 5) is 14.5. The molecule has 12 heavy (non-hydrogen) atoms.